The van der Waals surface area contributed by atoms with Crippen LogP contribution in [0.5, 0.6) is 5.75 Å². The van der Waals surface area contributed by atoms with Crippen LogP contribution in [0, 0.1) is 0 Å². The summed E-state index contributed by atoms with van der Waals surface area (Å²) in [5.41, 5.74) is 3.09. The summed E-state index contributed by atoms with van der Waals surface area (Å²) in [4.78, 5) is 23.6. The largest absolute Gasteiger partial charge is 0.544 e. The van der Waals surface area contributed by atoms with Crippen LogP contribution in [0.3, 0.4) is 0 Å². The lowest BCUT2D eigenvalue weighted by molar-refractivity contribution is -0.139. The van der Waals surface area contributed by atoms with Gasteiger partial charge in [-0.2, -0.15) is 0 Å². The Morgan fingerprint density at radius 1 is 0.778 bits per heavy atom. The van der Waals surface area contributed by atoms with E-state index in [0.29, 0.717) is 24.4 Å². The Bertz CT molecular complexity index is 1000. The normalized spacial score (nSPS) is 11.6. The SMILES string of the molecule is C=C(C)C(=O)OCCCCCCCOC(=O)c1ccc(-c2ccc(O[Si](C)(C)C(C)(C)C)cc2)cc1. The van der Waals surface area contributed by atoms with Gasteiger partial charge < -0.3 is 13.9 Å². The minimum atomic E-state index is -1.86. The Morgan fingerprint density at radius 3 is 1.75 bits per heavy atom. The highest BCUT2D eigenvalue weighted by Crippen LogP contribution is 2.37. The van der Waals surface area contributed by atoms with Crippen LogP contribution in [0.2, 0.25) is 18.1 Å². The maximum atomic E-state index is 12.4. The third kappa shape index (κ3) is 9.30. The molecule has 6 heteroatoms. The van der Waals surface area contributed by atoms with Gasteiger partial charge >= 0.3 is 11.9 Å². The second-order valence-corrected chi connectivity index (χ2v) is 15.5. The summed E-state index contributed by atoms with van der Waals surface area (Å²) in [7, 11) is -1.86. The standard InChI is InChI=1S/C30H42O5Si/c1-23(2)28(31)33-21-11-9-8-10-12-22-34-29(32)26-15-13-24(14-16-26)25-17-19-27(20-18-25)35-36(6,7)30(3,4)5/h13-20H,1,8-12,21-22H2,2-7H3. The fourth-order valence-electron chi connectivity index (χ4n) is 3.23. The van der Waals surface area contributed by atoms with Crippen LogP contribution in [-0.2, 0) is 14.3 Å². The first-order valence-electron chi connectivity index (χ1n) is 12.8. The number of hydrogen-bond acceptors (Lipinski definition) is 5. The number of unbranched alkanes of at least 4 members (excludes halogenated alkanes) is 4. The van der Waals surface area contributed by atoms with E-state index >= 15 is 0 Å². The molecule has 0 N–H and O–H groups in total. The van der Waals surface area contributed by atoms with Gasteiger partial charge in [-0.1, -0.05) is 70.9 Å². The Hall–Kier alpha value is -2.86. The number of esters is 2. The number of hydrogen-bond donors (Lipinski definition) is 0. The molecule has 2 aromatic rings. The molecule has 5 nitrogen and oxygen atoms in total. The maximum absolute atomic E-state index is 12.4. The Kier molecular flexibility index (Phi) is 11.0. The summed E-state index contributed by atoms with van der Waals surface area (Å²) in [6, 6.07) is 15.7. The van der Waals surface area contributed by atoms with Crippen molar-refractivity contribution < 1.29 is 23.5 Å². The summed E-state index contributed by atoms with van der Waals surface area (Å²) in [5.74, 6) is 0.266. The van der Waals surface area contributed by atoms with Crippen molar-refractivity contribution in [2.45, 2.75) is 77.9 Å². The highest BCUT2D eigenvalue weighted by Gasteiger charge is 2.38. The van der Waals surface area contributed by atoms with Crippen molar-refractivity contribution in [3.05, 3.63) is 66.2 Å². The van der Waals surface area contributed by atoms with Gasteiger partial charge in [0, 0.05) is 5.57 Å². The zero-order valence-corrected chi connectivity index (χ0v) is 23.8. The fourth-order valence-corrected chi connectivity index (χ4v) is 4.26. The molecule has 0 bridgehead atoms. The number of benzene rings is 2. The first kappa shape index (κ1) is 29.4. The van der Waals surface area contributed by atoms with Gasteiger partial charge in [0.2, 0.25) is 8.32 Å². The monoisotopic (exact) mass is 510 g/mol. The molecule has 0 aliphatic rings. The molecule has 0 aromatic heterocycles. The smallest absolute Gasteiger partial charge is 0.338 e. The average molecular weight is 511 g/mol. The molecule has 0 aliphatic carbocycles. The predicted molar refractivity (Wildman–Crippen MR) is 149 cm³/mol. The zero-order chi connectivity index (χ0) is 26.8. The molecule has 2 aromatic carbocycles. The summed E-state index contributed by atoms with van der Waals surface area (Å²) < 4.78 is 16.8. The van der Waals surface area contributed by atoms with Gasteiger partial charge in [-0.25, -0.2) is 9.59 Å². The van der Waals surface area contributed by atoms with Crippen LogP contribution in [-0.4, -0.2) is 33.5 Å². The molecule has 0 atom stereocenters. The molecule has 0 saturated carbocycles. The van der Waals surface area contributed by atoms with E-state index in [2.05, 4.69) is 52.6 Å². The van der Waals surface area contributed by atoms with Crippen LogP contribution in [0.15, 0.2) is 60.7 Å². The fraction of sp³-hybridized carbons (Fsp3) is 0.467. The van der Waals surface area contributed by atoms with Crippen molar-refractivity contribution in [2.75, 3.05) is 13.2 Å². The molecule has 0 spiro atoms. The lowest BCUT2D eigenvalue weighted by atomic mass is 10.0. The Balaban J connectivity index is 1.72. The van der Waals surface area contributed by atoms with E-state index in [1.165, 1.54) is 0 Å². The topological polar surface area (TPSA) is 61.8 Å². The first-order valence-corrected chi connectivity index (χ1v) is 15.7. The minimum Gasteiger partial charge on any atom is -0.544 e. The molecule has 2 rings (SSSR count). The van der Waals surface area contributed by atoms with Gasteiger partial charge in [0.15, 0.2) is 0 Å². The second kappa shape index (κ2) is 13.4. The van der Waals surface area contributed by atoms with Crippen LogP contribution in [0.4, 0.5) is 0 Å². The van der Waals surface area contributed by atoms with Crippen molar-refractivity contribution in [2.24, 2.45) is 0 Å². The lowest BCUT2D eigenvalue weighted by Crippen LogP contribution is -2.43. The number of rotatable bonds is 13. The zero-order valence-electron chi connectivity index (χ0n) is 22.8. The van der Waals surface area contributed by atoms with E-state index in [1.54, 1.807) is 6.92 Å². The molecule has 0 fully saturated rings. The van der Waals surface area contributed by atoms with E-state index < -0.39 is 8.32 Å². The highest BCUT2D eigenvalue weighted by atomic mass is 28.4. The molecular formula is C30H42O5Si. The molecule has 0 heterocycles. The average Bonchev–Trinajstić information content (AvgIpc) is 2.82. The molecule has 0 radical (unpaired) electrons. The third-order valence-electron chi connectivity index (χ3n) is 6.59. The summed E-state index contributed by atoms with van der Waals surface area (Å²) >= 11 is 0. The van der Waals surface area contributed by atoms with Gasteiger partial charge in [-0.05, 0) is 73.3 Å². The van der Waals surface area contributed by atoms with Crippen molar-refractivity contribution in [3.8, 4) is 16.9 Å². The van der Waals surface area contributed by atoms with Crippen molar-refractivity contribution >= 4 is 20.3 Å². The number of ether oxygens (including phenoxy) is 2. The first-order chi connectivity index (χ1) is 16.9. The quantitative estimate of drug-likeness (QED) is 0.118. The van der Waals surface area contributed by atoms with E-state index in [0.717, 1.165) is 49.0 Å². The van der Waals surface area contributed by atoms with E-state index in [1.807, 2.05) is 36.4 Å². The number of carbonyl (C=O) groups is 2. The summed E-state index contributed by atoms with van der Waals surface area (Å²) in [5, 5.41) is 0.152. The van der Waals surface area contributed by atoms with Gasteiger partial charge in [0.05, 0.1) is 18.8 Å². The third-order valence-corrected chi connectivity index (χ3v) is 10.9. The van der Waals surface area contributed by atoms with Crippen LogP contribution >= 0.6 is 0 Å². The maximum Gasteiger partial charge on any atom is 0.338 e. The molecule has 0 amide bonds. The molecule has 196 valence electrons. The highest BCUT2D eigenvalue weighted by molar-refractivity contribution is 6.74. The van der Waals surface area contributed by atoms with Gasteiger partial charge in [-0.3, -0.25) is 0 Å². The van der Waals surface area contributed by atoms with E-state index in [-0.39, 0.29) is 17.0 Å². The van der Waals surface area contributed by atoms with Gasteiger partial charge in [0.25, 0.3) is 0 Å². The van der Waals surface area contributed by atoms with Crippen LogP contribution in [0.1, 0.15) is 70.2 Å². The number of carbonyl (C=O) groups excluding carboxylic acids is 2. The second-order valence-electron chi connectivity index (χ2n) is 10.8. The summed E-state index contributed by atoms with van der Waals surface area (Å²) in [6.45, 7) is 17.2. The van der Waals surface area contributed by atoms with E-state index in [9.17, 15) is 9.59 Å². The summed E-state index contributed by atoms with van der Waals surface area (Å²) in [6.07, 6.45) is 4.60. The van der Waals surface area contributed by atoms with Gasteiger partial charge in [0.1, 0.15) is 5.75 Å². The molecule has 36 heavy (non-hydrogen) atoms. The van der Waals surface area contributed by atoms with E-state index in [4.69, 9.17) is 13.9 Å². The Morgan fingerprint density at radius 2 is 1.25 bits per heavy atom. The van der Waals surface area contributed by atoms with Crippen molar-refractivity contribution in [1.82, 2.24) is 0 Å². The van der Waals surface area contributed by atoms with Crippen molar-refractivity contribution in [1.29, 1.82) is 0 Å². The van der Waals surface area contributed by atoms with Gasteiger partial charge in [-0.15, -0.1) is 0 Å². The van der Waals surface area contributed by atoms with Crippen LogP contribution in [0.25, 0.3) is 11.1 Å². The molecular weight excluding hydrogens is 468 g/mol. The molecule has 0 unspecified atom stereocenters. The molecule has 0 aliphatic heterocycles. The minimum absolute atomic E-state index is 0.152. The van der Waals surface area contributed by atoms with Crippen LogP contribution < -0.4 is 4.43 Å². The molecule has 0 saturated heterocycles. The Labute approximate surface area is 218 Å². The predicted octanol–water partition coefficient (Wildman–Crippen LogP) is 7.96. The lowest BCUT2D eigenvalue weighted by Gasteiger charge is -2.36. The van der Waals surface area contributed by atoms with Crippen molar-refractivity contribution in [3.63, 3.8) is 0 Å².